The molecule has 19 heavy (non-hydrogen) atoms. The van der Waals surface area contributed by atoms with E-state index in [2.05, 4.69) is 22.4 Å². The maximum Gasteiger partial charge on any atom is 0.113 e. The van der Waals surface area contributed by atoms with E-state index in [-0.39, 0.29) is 0 Å². The van der Waals surface area contributed by atoms with Crippen LogP contribution in [-0.2, 0) is 6.54 Å². The Hall–Kier alpha value is -2.62. The van der Waals surface area contributed by atoms with Crippen molar-refractivity contribution in [3.05, 3.63) is 66.4 Å². The maximum absolute atomic E-state index is 5.67. The molecule has 0 amide bonds. The smallest absolute Gasteiger partial charge is 0.113 e. The number of hydrogen-bond donors (Lipinski definition) is 1. The van der Waals surface area contributed by atoms with Crippen LogP contribution < -0.4 is 5.73 Å². The molecule has 0 aliphatic rings. The van der Waals surface area contributed by atoms with Crippen LogP contribution in [0.3, 0.4) is 0 Å². The van der Waals surface area contributed by atoms with E-state index >= 15 is 0 Å². The molecule has 0 spiro atoms. The lowest BCUT2D eigenvalue weighted by molar-refractivity contribution is 0.650. The maximum atomic E-state index is 5.67. The summed E-state index contributed by atoms with van der Waals surface area (Å²) in [5, 5.41) is 8.33. The fourth-order valence-corrected chi connectivity index (χ4v) is 1.93. The highest BCUT2D eigenvalue weighted by Gasteiger charge is 2.04. The number of nitrogens with zero attached hydrogens (tertiary/aromatic N) is 3. The second-order valence-electron chi connectivity index (χ2n) is 4.41. The van der Waals surface area contributed by atoms with Crippen molar-refractivity contribution in [2.45, 2.75) is 6.54 Å². The largest absolute Gasteiger partial charge is 0.399 e. The summed E-state index contributed by atoms with van der Waals surface area (Å²) in [6, 6.07) is 17.8. The van der Waals surface area contributed by atoms with Gasteiger partial charge >= 0.3 is 0 Å². The molecule has 0 saturated heterocycles. The van der Waals surface area contributed by atoms with Gasteiger partial charge in [0.15, 0.2) is 0 Å². The Morgan fingerprint density at radius 1 is 0.947 bits per heavy atom. The van der Waals surface area contributed by atoms with Crippen LogP contribution in [0, 0.1) is 0 Å². The lowest BCUT2D eigenvalue weighted by Crippen LogP contribution is -1.99. The zero-order valence-corrected chi connectivity index (χ0v) is 10.4. The first kappa shape index (κ1) is 11.5. The number of aromatic nitrogens is 3. The molecule has 0 bridgehead atoms. The molecule has 0 unspecified atom stereocenters. The lowest BCUT2D eigenvalue weighted by atomic mass is 10.1. The van der Waals surface area contributed by atoms with Crippen molar-refractivity contribution >= 4 is 5.69 Å². The quantitative estimate of drug-likeness (QED) is 0.727. The zero-order valence-electron chi connectivity index (χ0n) is 10.4. The van der Waals surface area contributed by atoms with Crippen molar-refractivity contribution in [2.24, 2.45) is 0 Å². The Labute approximate surface area is 111 Å². The Kier molecular flexibility index (Phi) is 2.98. The highest BCUT2D eigenvalue weighted by molar-refractivity contribution is 5.60. The summed E-state index contributed by atoms with van der Waals surface area (Å²) in [5.74, 6) is 0. The fourth-order valence-electron chi connectivity index (χ4n) is 1.93. The number of anilines is 1. The summed E-state index contributed by atoms with van der Waals surface area (Å²) in [7, 11) is 0. The Morgan fingerprint density at radius 3 is 2.42 bits per heavy atom. The van der Waals surface area contributed by atoms with E-state index in [1.165, 1.54) is 5.56 Å². The van der Waals surface area contributed by atoms with Gasteiger partial charge in [-0.1, -0.05) is 47.7 Å². The molecular formula is C15H14N4. The predicted molar refractivity (Wildman–Crippen MR) is 75.4 cm³/mol. The summed E-state index contributed by atoms with van der Waals surface area (Å²) >= 11 is 0. The van der Waals surface area contributed by atoms with Crippen LogP contribution in [0.4, 0.5) is 5.69 Å². The second kappa shape index (κ2) is 4.94. The van der Waals surface area contributed by atoms with E-state index < -0.39 is 0 Å². The van der Waals surface area contributed by atoms with Crippen LogP contribution in [0.15, 0.2) is 60.8 Å². The normalized spacial score (nSPS) is 10.5. The second-order valence-corrected chi connectivity index (χ2v) is 4.41. The van der Waals surface area contributed by atoms with Crippen molar-refractivity contribution in [1.29, 1.82) is 0 Å². The molecule has 2 N–H and O–H groups in total. The number of nitrogens with two attached hydrogens (primary N) is 1. The van der Waals surface area contributed by atoms with E-state index in [9.17, 15) is 0 Å². The van der Waals surface area contributed by atoms with Gasteiger partial charge in [-0.05, 0) is 17.7 Å². The van der Waals surface area contributed by atoms with Gasteiger partial charge in [-0.15, -0.1) is 5.10 Å². The van der Waals surface area contributed by atoms with Gasteiger partial charge in [0.05, 0.1) is 12.7 Å². The van der Waals surface area contributed by atoms with Crippen LogP contribution in [-0.4, -0.2) is 15.0 Å². The van der Waals surface area contributed by atoms with Gasteiger partial charge in [0.1, 0.15) is 5.69 Å². The van der Waals surface area contributed by atoms with Gasteiger partial charge in [0.25, 0.3) is 0 Å². The summed E-state index contributed by atoms with van der Waals surface area (Å²) in [6.45, 7) is 0.725. The van der Waals surface area contributed by atoms with Crippen LogP contribution in [0.25, 0.3) is 11.3 Å². The molecule has 0 aliphatic carbocycles. The number of nitrogen functional groups attached to an aromatic ring is 1. The average molecular weight is 250 g/mol. The molecule has 1 heterocycles. The van der Waals surface area contributed by atoms with Gasteiger partial charge in [0.2, 0.25) is 0 Å². The SMILES string of the molecule is Nc1ccc(-c2cn(Cc3ccccc3)nn2)cc1. The standard InChI is InChI=1S/C15H14N4/c16-14-8-6-13(7-9-14)15-11-19(18-17-15)10-12-4-2-1-3-5-12/h1-9,11H,10,16H2. The van der Waals surface area contributed by atoms with Gasteiger partial charge in [-0.25, -0.2) is 4.68 Å². The minimum Gasteiger partial charge on any atom is -0.399 e. The molecule has 4 heteroatoms. The van der Waals surface area contributed by atoms with Gasteiger partial charge in [-0.2, -0.15) is 0 Å². The average Bonchev–Trinajstić information content (AvgIpc) is 2.89. The van der Waals surface area contributed by atoms with Crippen molar-refractivity contribution < 1.29 is 0 Å². The first-order valence-electron chi connectivity index (χ1n) is 6.11. The molecule has 0 aliphatic heterocycles. The minimum atomic E-state index is 0.725. The fraction of sp³-hybridized carbons (Fsp3) is 0.0667. The molecule has 0 saturated carbocycles. The summed E-state index contributed by atoms with van der Waals surface area (Å²) < 4.78 is 1.83. The number of rotatable bonds is 3. The monoisotopic (exact) mass is 250 g/mol. The third-order valence-electron chi connectivity index (χ3n) is 2.93. The van der Waals surface area contributed by atoms with Crippen molar-refractivity contribution in [3.8, 4) is 11.3 Å². The van der Waals surface area contributed by atoms with Crippen LogP contribution >= 0.6 is 0 Å². The van der Waals surface area contributed by atoms with Crippen molar-refractivity contribution in [2.75, 3.05) is 5.73 Å². The third-order valence-corrected chi connectivity index (χ3v) is 2.93. The van der Waals surface area contributed by atoms with Gasteiger partial charge < -0.3 is 5.73 Å². The molecule has 2 aromatic carbocycles. The molecule has 0 fully saturated rings. The van der Waals surface area contributed by atoms with Gasteiger partial charge in [-0.3, -0.25) is 0 Å². The minimum absolute atomic E-state index is 0.725. The lowest BCUT2D eigenvalue weighted by Gasteiger charge is -1.99. The van der Waals surface area contributed by atoms with Crippen molar-refractivity contribution in [3.63, 3.8) is 0 Å². The van der Waals surface area contributed by atoms with Crippen LogP contribution in [0.5, 0.6) is 0 Å². The Balaban J connectivity index is 1.82. The highest BCUT2D eigenvalue weighted by Crippen LogP contribution is 2.17. The third kappa shape index (κ3) is 2.63. The molecule has 4 nitrogen and oxygen atoms in total. The first-order valence-corrected chi connectivity index (χ1v) is 6.11. The zero-order chi connectivity index (χ0) is 13.1. The van der Waals surface area contributed by atoms with Crippen LogP contribution in [0.1, 0.15) is 5.56 Å². The summed E-state index contributed by atoms with van der Waals surface area (Å²) in [4.78, 5) is 0. The molecule has 0 atom stereocenters. The molecule has 0 radical (unpaired) electrons. The van der Waals surface area contributed by atoms with E-state index in [1.54, 1.807) is 0 Å². The summed E-state index contributed by atoms with van der Waals surface area (Å²) in [6.07, 6.45) is 1.94. The van der Waals surface area contributed by atoms with E-state index in [1.807, 2.05) is 53.3 Å². The van der Waals surface area contributed by atoms with Gasteiger partial charge in [0, 0.05) is 11.3 Å². The van der Waals surface area contributed by atoms with E-state index in [0.29, 0.717) is 0 Å². The topological polar surface area (TPSA) is 56.7 Å². The highest BCUT2D eigenvalue weighted by atomic mass is 15.4. The molecular weight excluding hydrogens is 236 g/mol. The first-order chi connectivity index (χ1) is 9.31. The molecule has 3 rings (SSSR count). The Bertz CT molecular complexity index is 656. The number of benzene rings is 2. The van der Waals surface area contributed by atoms with Crippen molar-refractivity contribution in [1.82, 2.24) is 15.0 Å². The Morgan fingerprint density at radius 2 is 1.68 bits per heavy atom. The van der Waals surface area contributed by atoms with Crippen LogP contribution in [0.2, 0.25) is 0 Å². The molecule has 1 aromatic heterocycles. The molecule has 94 valence electrons. The van der Waals surface area contributed by atoms with E-state index in [4.69, 9.17) is 5.73 Å². The van der Waals surface area contributed by atoms with E-state index in [0.717, 1.165) is 23.5 Å². The molecule has 3 aromatic rings. The summed E-state index contributed by atoms with van der Waals surface area (Å²) in [5.41, 5.74) is 9.51. The number of hydrogen-bond acceptors (Lipinski definition) is 3. The predicted octanol–water partition coefficient (Wildman–Crippen LogP) is 2.58.